The van der Waals surface area contributed by atoms with Gasteiger partial charge in [0.2, 0.25) is 5.16 Å². The summed E-state index contributed by atoms with van der Waals surface area (Å²) >= 11 is 1.43. The Labute approximate surface area is 172 Å². The largest absolute Gasteiger partial charge is 0.462 e. The van der Waals surface area contributed by atoms with Crippen molar-refractivity contribution in [1.82, 2.24) is 25.2 Å². The molecule has 0 aliphatic rings. The molecule has 2 aromatic heterocycles. The summed E-state index contributed by atoms with van der Waals surface area (Å²) in [6.45, 7) is 4.03. The van der Waals surface area contributed by atoms with E-state index in [1.165, 1.54) is 11.8 Å². The number of tetrazole rings is 1. The molecule has 0 aliphatic carbocycles. The van der Waals surface area contributed by atoms with Gasteiger partial charge in [-0.3, -0.25) is 4.98 Å². The van der Waals surface area contributed by atoms with Gasteiger partial charge in [-0.2, -0.15) is 4.68 Å². The molecule has 2 heterocycles. The first kappa shape index (κ1) is 19.1. The van der Waals surface area contributed by atoms with Crippen molar-refractivity contribution in [3.05, 3.63) is 71.4 Å². The first-order chi connectivity index (χ1) is 14.2. The average molecular weight is 405 g/mol. The van der Waals surface area contributed by atoms with E-state index in [2.05, 4.69) is 15.5 Å². The number of pyridine rings is 1. The topological polar surface area (TPSA) is 82.8 Å². The molecule has 4 rings (SSSR count). The van der Waals surface area contributed by atoms with E-state index < -0.39 is 0 Å². The van der Waals surface area contributed by atoms with Crippen LogP contribution in [0.5, 0.6) is 0 Å². The second-order valence-corrected chi connectivity index (χ2v) is 7.24. The van der Waals surface area contributed by atoms with E-state index in [-0.39, 0.29) is 5.97 Å². The zero-order valence-corrected chi connectivity index (χ0v) is 16.9. The molecule has 0 fully saturated rings. The van der Waals surface area contributed by atoms with E-state index in [0.29, 0.717) is 28.8 Å². The molecule has 146 valence electrons. The molecule has 0 amide bonds. The van der Waals surface area contributed by atoms with Gasteiger partial charge in [0.1, 0.15) is 0 Å². The maximum absolute atomic E-state index is 12.7. The van der Waals surface area contributed by atoms with Crippen LogP contribution in [-0.4, -0.2) is 37.8 Å². The van der Waals surface area contributed by atoms with E-state index in [4.69, 9.17) is 9.72 Å². The van der Waals surface area contributed by atoms with Gasteiger partial charge in [0.05, 0.1) is 29.1 Å². The van der Waals surface area contributed by atoms with Crippen molar-refractivity contribution in [2.24, 2.45) is 0 Å². The number of aromatic nitrogens is 5. The summed E-state index contributed by atoms with van der Waals surface area (Å²) in [6.07, 6.45) is 0. The fraction of sp³-hybridized carbons (Fsp3) is 0.190. The summed E-state index contributed by atoms with van der Waals surface area (Å²) in [4.78, 5) is 17.4. The van der Waals surface area contributed by atoms with E-state index in [1.807, 2.05) is 61.5 Å². The fourth-order valence-corrected chi connectivity index (χ4v) is 3.99. The van der Waals surface area contributed by atoms with Crippen molar-refractivity contribution >= 4 is 28.6 Å². The van der Waals surface area contributed by atoms with Gasteiger partial charge in [-0.25, -0.2) is 4.79 Å². The molecular formula is C21H19N5O2S. The third kappa shape index (κ3) is 3.84. The highest BCUT2D eigenvalue weighted by Crippen LogP contribution is 2.28. The standard InChI is InChI=1S/C21H19N5O2S/c1-3-28-20(27)19-14(2)16-11-7-8-12-17(16)22-18(19)13-29-21-23-24-25-26(21)15-9-5-4-6-10-15/h4-12H,3,13H2,1-2H3. The van der Waals surface area contributed by atoms with Crippen molar-refractivity contribution in [2.45, 2.75) is 24.8 Å². The van der Waals surface area contributed by atoms with Crippen LogP contribution < -0.4 is 0 Å². The third-order valence-corrected chi connectivity index (χ3v) is 5.42. The predicted molar refractivity (Wildman–Crippen MR) is 111 cm³/mol. The van der Waals surface area contributed by atoms with E-state index in [1.54, 1.807) is 11.6 Å². The van der Waals surface area contributed by atoms with Crippen LogP contribution in [0, 0.1) is 6.92 Å². The van der Waals surface area contributed by atoms with Gasteiger partial charge in [-0.1, -0.05) is 48.2 Å². The van der Waals surface area contributed by atoms with Crippen LogP contribution in [0.15, 0.2) is 59.8 Å². The van der Waals surface area contributed by atoms with Gasteiger partial charge in [-0.05, 0) is 48.0 Å². The Bertz CT molecular complexity index is 1160. The average Bonchev–Trinajstić information content (AvgIpc) is 3.22. The van der Waals surface area contributed by atoms with Crippen LogP contribution in [-0.2, 0) is 10.5 Å². The van der Waals surface area contributed by atoms with Gasteiger partial charge in [0, 0.05) is 11.1 Å². The Morgan fingerprint density at radius 3 is 2.66 bits per heavy atom. The summed E-state index contributed by atoms with van der Waals surface area (Å²) in [5.74, 6) is 0.0778. The highest BCUT2D eigenvalue weighted by atomic mass is 32.2. The number of carbonyl (C=O) groups excluding carboxylic acids is 1. The predicted octanol–water partition coefficient (Wildman–Crippen LogP) is 3.99. The molecule has 2 aromatic carbocycles. The number of para-hydroxylation sites is 2. The number of hydrogen-bond acceptors (Lipinski definition) is 7. The quantitative estimate of drug-likeness (QED) is 0.354. The number of nitrogens with zero attached hydrogens (tertiary/aromatic N) is 5. The van der Waals surface area contributed by atoms with Crippen molar-refractivity contribution in [1.29, 1.82) is 0 Å². The smallest absolute Gasteiger partial charge is 0.340 e. The molecule has 8 heteroatoms. The number of aryl methyl sites for hydroxylation is 1. The van der Waals surface area contributed by atoms with Gasteiger partial charge >= 0.3 is 5.97 Å². The number of esters is 1. The molecule has 29 heavy (non-hydrogen) atoms. The number of carbonyl (C=O) groups is 1. The van der Waals surface area contributed by atoms with Gasteiger partial charge in [0.15, 0.2) is 0 Å². The van der Waals surface area contributed by atoms with Gasteiger partial charge in [-0.15, -0.1) is 5.10 Å². The minimum absolute atomic E-state index is 0.309. The Morgan fingerprint density at radius 2 is 1.86 bits per heavy atom. The number of rotatable bonds is 6. The zero-order valence-electron chi connectivity index (χ0n) is 16.1. The summed E-state index contributed by atoms with van der Waals surface area (Å²) in [5, 5.41) is 13.6. The maximum Gasteiger partial charge on any atom is 0.340 e. The maximum atomic E-state index is 12.7. The second kappa shape index (κ2) is 8.40. The number of thioether (sulfide) groups is 1. The van der Waals surface area contributed by atoms with Crippen LogP contribution in [0.2, 0.25) is 0 Å². The van der Waals surface area contributed by atoms with Crippen LogP contribution in [0.25, 0.3) is 16.6 Å². The Kier molecular flexibility index (Phi) is 5.53. The first-order valence-corrected chi connectivity index (χ1v) is 10.2. The lowest BCUT2D eigenvalue weighted by Gasteiger charge is -2.13. The molecule has 7 nitrogen and oxygen atoms in total. The highest BCUT2D eigenvalue weighted by Gasteiger charge is 2.21. The van der Waals surface area contributed by atoms with Crippen molar-refractivity contribution < 1.29 is 9.53 Å². The summed E-state index contributed by atoms with van der Waals surface area (Å²) in [6, 6.07) is 17.4. The Hall–Kier alpha value is -3.26. The molecule has 0 N–H and O–H groups in total. The first-order valence-electron chi connectivity index (χ1n) is 9.21. The molecule has 0 bridgehead atoms. The molecule has 0 spiro atoms. The van der Waals surface area contributed by atoms with Gasteiger partial charge in [0.25, 0.3) is 0 Å². The van der Waals surface area contributed by atoms with Gasteiger partial charge < -0.3 is 4.74 Å². The zero-order chi connectivity index (χ0) is 20.2. The van der Waals surface area contributed by atoms with Crippen LogP contribution >= 0.6 is 11.8 Å². The lowest BCUT2D eigenvalue weighted by molar-refractivity contribution is 0.0524. The monoisotopic (exact) mass is 405 g/mol. The molecule has 0 saturated heterocycles. The number of benzene rings is 2. The van der Waals surface area contributed by atoms with E-state index in [0.717, 1.165) is 22.2 Å². The molecule has 4 aromatic rings. The number of fused-ring (bicyclic) bond motifs is 1. The molecule has 0 saturated carbocycles. The number of hydrogen-bond donors (Lipinski definition) is 0. The Morgan fingerprint density at radius 1 is 1.10 bits per heavy atom. The summed E-state index contributed by atoms with van der Waals surface area (Å²) in [7, 11) is 0. The lowest BCUT2D eigenvalue weighted by Crippen LogP contribution is -2.12. The van der Waals surface area contributed by atoms with E-state index >= 15 is 0 Å². The van der Waals surface area contributed by atoms with Crippen molar-refractivity contribution in [2.75, 3.05) is 6.61 Å². The van der Waals surface area contributed by atoms with Crippen molar-refractivity contribution in [3.63, 3.8) is 0 Å². The minimum Gasteiger partial charge on any atom is -0.462 e. The summed E-state index contributed by atoms with van der Waals surface area (Å²) < 4.78 is 6.96. The minimum atomic E-state index is -0.360. The van der Waals surface area contributed by atoms with E-state index in [9.17, 15) is 4.79 Å². The molecule has 0 atom stereocenters. The third-order valence-electron chi connectivity index (χ3n) is 4.49. The van der Waals surface area contributed by atoms with Crippen LogP contribution in [0.1, 0.15) is 28.5 Å². The number of ether oxygens (including phenoxy) is 1. The molecule has 0 radical (unpaired) electrons. The molecule has 0 aliphatic heterocycles. The Balaban J connectivity index is 1.71. The van der Waals surface area contributed by atoms with Crippen LogP contribution in [0.4, 0.5) is 0 Å². The highest BCUT2D eigenvalue weighted by molar-refractivity contribution is 7.98. The molecular weight excluding hydrogens is 386 g/mol. The molecule has 0 unspecified atom stereocenters. The fourth-order valence-electron chi connectivity index (χ4n) is 3.15. The van der Waals surface area contributed by atoms with Crippen LogP contribution in [0.3, 0.4) is 0 Å². The van der Waals surface area contributed by atoms with Crippen molar-refractivity contribution in [3.8, 4) is 5.69 Å². The second-order valence-electron chi connectivity index (χ2n) is 6.29. The SMILES string of the molecule is CCOC(=O)c1c(CSc2nnnn2-c2ccccc2)nc2ccccc2c1C. The normalized spacial score (nSPS) is 11.0. The summed E-state index contributed by atoms with van der Waals surface area (Å²) in [5.41, 5.74) is 3.75. The lowest BCUT2D eigenvalue weighted by atomic mass is 10.0.